The fourth-order valence-electron chi connectivity index (χ4n) is 4.32. The standard InChI is InChI=1S/C23H26F3N3O3S/c1-16-6-8-18(33(31,32)29-12-4-5-13-29)15-19(16)22(30)27-20-14-17(23(24,25)26)7-9-21(20)28-10-2-3-11-28/h6-9,14-15H,2-5,10-13H2,1H3,(H,27,30). The van der Waals surface area contributed by atoms with E-state index in [0.29, 0.717) is 37.4 Å². The molecule has 2 aromatic rings. The summed E-state index contributed by atoms with van der Waals surface area (Å²) >= 11 is 0. The largest absolute Gasteiger partial charge is 0.416 e. The van der Waals surface area contributed by atoms with Crippen molar-refractivity contribution in [1.29, 1.82) is 0 Å². The Bertz CT molecular complexity index is 1150. The van der Waals surface area contributed by atoms with E-state index >= 15 is 0 Å². The van der Waals surface area contributed by atoms with Crippen LogP contribution in [0.2, 0.25) is 0 Å². The second kappa shape index (κ2) is 8.98. The van der Waals surface area contributed by atoms with E-state index in [1.165, 1.54) is 22.5 Å². The number of amides is 1. The van der Waals surface area contributed by atoms with Gasteiger partial charge in [-0.3, -0.25) is 4.79 Å². The normalized spacial score (nSPS) is 17.5. The molecule has 2 heterocycles. The molecule has 0 aromatic heterocycles. The summed E-state index contributed by atoms with van der Waals surface area (Å²) in [6.07, 6.45) is -1.14. The quantitative estimate of drug-likeness (QED) is 0.675. The maximum Gasteiger partial charge on any atom is 0.416 e. The summed E-state index contributed by atoms with van der Waals surface area (Å²) in [5.41, 5.74) is 0.363. The molecule has 0 bridgehead atoms. The summed E-state index contributed by atoms with van der Waals surface area (Å²) < 4.78 is 67.2. The second-order valence-electron chi connectivity index (χ2n) is 8.47. The first-order valence-corrected chi connectivity index (χ1v) is 12.4. The zero-order valence-corrected chi connectivity index (χ0v) is 19.1. The number of benzene rings is 2. The lowest BCUT2D eigenvalue weighted by molar-refractivity contribution is -0.137. The Labute approximate surface area is 191 Å². The fourth-order valence-corrected chi connectivity index (χ4v) is 5.86. The molecule has 2 aliphatic rings. The molecule has 2 aliphatic heterocycles. The van der Waals surface area contributed by atoms with E-state index in [2.05, 4.69) is 5.32 Å². The maximum absolute atomic E-state index is 13.3. The number of carbonyl (C=O) groups is 1. The number of nitrogens with zero attached hydrogens (tertiary/aromatic N) is 2. The average molecular weight is 482 g/mol. The van der Waals surface area contributed by atoms with Crippen molar-refractivity contribution in [1.82, 2.24) is 4.31 Å². The third-order valence-corrected chi connectivity index (χ3v) is 8.07. The molecule has 4 rings (SSSR count). The predicted octanol–water partition coefficient (Wildman–Crippen LogP) is 4.65. The van der Waals surface area contributed by atoms with E-state index in [1.807, 2.05) is 4.90 Å². The number of aryl methyl sites for hydroxylation is 1. The maximum atomic E-state index is 13.3. The van der Waals surface area contributed by atoms with E-state index in [9.17, 15) is 26.4 Å². The van der Waals surface area contributed by atoms with Gasteiger partial charge in [0, 0.05) is 31.7 Å². The highest BCUT2D eigenvalue weighted by Gasteiger charge is 2.32. The number of nitrogens with one attached hydrogen (secondary N) is 1. The monoisotopic (exact) mass is 481 g/mol. The molecule has 0 saturated carbocycles. The molecule has 0 radical (unpaired) electrons. The van der Waals surface area contributed by atoms with Gasteiger partial charge in [-0.05, 0) is 68.5 Å². The molecule has 0 spiro atoms. The fraction of sp³-hybridized carbons (Fsp3) is 0.435. The lowest BCUT2D eigenvalue weighted by atomic mass is 10.1. The van der Waals surface area contributed by atoms with Gasteiger partial charge in [-0.15, -0.1) is 0 Å². The van der Waals surface area contributed by atoms with Gasteiger partial charge < -0.3 is 10.2 Å². The highest BCUT2D eigenvalue weighted by atomic mass is 32.2. The van der Waals surface area contributed by atoms with Crippen molar-refractivity contribution in [2.24, 2.45) is 0 Å². The van der Waals surface area contributed by atoms with Crippen molar-refractivity contribution in [3.05, 3.63) is 53.1 Å². The Morgan fingerprint density at radius 3 is 2.21 bits per heavy atom. The van der Waals surface area contributed by atoms with Crippen LogP contribution in [0.15, 0.2) is 41.3 Å². The molecule has 0 aliphatic carbocycles. The molecular weight excluding hydrogens is 455 g/mol. The van der Waals surface area contributed by atoms with Gasteiger partial charge in [0.1, 0.15) is 0 Å². The first-order valence-electron chi connectivity index (χ1n) is 11.0. The molecule has 10 heteroatoms. The van der Waals surface area contributed by atoms with Crippen molar-refractivity contribution in [2.45, 2.75) is 43.7 Å². The van der Waals surface area contributed by atoms with Crippen molar-refractivity contribution < 1.29 is 26.4 Å². The van der Waals surface area contributed by atoms with Crippen LogP contribution < -0.4 is 10.2 Å². The van der Waals surface area contributed by atoms with E-state index in [1.54, 1.807) is 13.0 Å². The summed E-state index contributed by atoms with van der Waals surface area (Å²) in [5, 5.41) is 2.62. The molecule has 2 saturated heterocycles. The molecule has 33 heavy (non-hydrogen) atoms. The topological polar surface area (TPSA) is 69.7 Å². The number of alkyl halides is 3. The number of hydrogen-bond donors (Lipinski definition) is 1. The zero-order chi connectivity index (χ0) is 23.8. The second-order valence-corrected chi connectivity index (χ2v) is 10.4. The summed E-state index contributed by atoms with van der Waals surface area (Å²) in [6, 6.07) is 7.64. The predicted molar refractivity (Wildman–Crippen MR) is 120 cm³/mol. The van der Waals surface area contributed by atoms with Crippen LogP contribution in [0.1, 0.15) is 47.2 Å². The number of halogens is 3. The van der Waals surface area contributed by atoms with Crippen LogP contribution in [0.5, 0.6) is 0 Å². The van der Waals surface area contributed by atoms with E-state index < -0.39 is 27.7 Å². The van der Waals surface area contributed by atoms with E-state index in [0.717, 1.165) is 37.8 Å². The van der Waals surface area contributed by atoms with E-state index in [4.69, 9.17) is 0 Å². The van der Waals surface area contributed by atoms with Gasteiger partial charge in [0.15, 0.2) is 0 Å². The SMILES string of the molecule is Cc1ccc(S(=O)(=O)N2CCCC2)cc1C(=O)Nc1cc(C(F)(F)F)ccc1N1CCCC1. The Balaban J connectivity index is 1.68. The van der Waals surface area contributed by atoms with E-state index in [-0.39, 0.29) is 16.1 Å². The molecule has 0 unspecified atom stereocenters. The van der Waals surface area contributed by atoms with Crippen LogP contribution in [0.25, 0.3) is 0 Å². The number of sulfonamides is 1. The van der Waals surface area contributed by atoms with Crippen LogP contribution in [0.3, 0.4) is 0 Å². The van der Waals surface area contributed by atoms with Gasteiger partial charge in [-0.1, -0.05) is 6.07 Å². The molecule has 2 fully saturated rings. The van der Waals surface area contributed by atoms with Crippen molar-refractivity contribution in [2.75, 3.05) is 36.4 Å². The van der Waals surface area contributed by atoms with Gasteiger partial charge in [-0.25, -0.2) is 8.42 Å². The smallest absolute Gasteiger partial charge is 0.370 e. The minimum atomic E-state index is -4.55. The third kappa shape index (κ3) is 4.86. The Hall–Kier alpha value is -2.59. The Morgan fingerprint density at radius 2 is 1.58 bits per heavy atom. The first-order chi connectivity index (χ1) is 15.6. The molecule has 6 nitrogen and oxygen atoms in total. The number of rotatable bonds is 5. The Morgan fingerprint density at radius 1 is 0.939 bits per heavy atom. The summed E-state index contributed by atoms with van der Waals surface area (Å²) in [6.45, 7) is 3.91. The van der Waals surface area contributed by atoms with Crippen LogP contribution >= 0.6 is 0 Å². The van der Waals surface area contributed by atoms with Crippen LogP contribution in [-0.2, 0) is 16.2 Å². The summed E-state index contributed by atoms with van der Waals surface area (Å²) in [7, 11) is -3.74. The highest BCUT2D eigenvalue weighted by Crippen LogP contribution is 2.37. The minimum Gasteiger partial charge on any atom is -0.370 e. The van der Waals surface area contributed by atoms with Gasteiger partial charge in [0.25, 0.3) is 5.91 Å². The lowest BCUT2D eigenvalue weighted by Crippen LogP contribution is -2.28. The van der Waals surface area contributed by atoms with Crippen molar-refractivity contribution in [3.63, 3.8) is 0 Å². The minimum absolute atomic E-state index is 0.00367. The highest BCUT2D eigenvalue weighted by molar-refractivity contribution is 7.89. The molecule has 178 valence electrons. The van der Waals surface area contributed by atoms with Gasteiger partial charge in [-0.2, -0.15) is 17.5 Å². The van der Waals surface area contributed by atoms with Crippen molar-refractivity contribution in [3.8, 4) is 0 Å². The lowest BCUT2D eigenvalue weighted by Gasteiger charge is -2.23. The van der Waals surface area contributed by atoms with Crippen LogP contribution in [0.4, 0.5) is 24.5 Å². The number of hydrogen-bond acceptors (Lipinski definition) is 4. The summed E-state index contributed by atoms with van der Waals surface area (Å²) in [4.78, 5) is 15.1. The van der Waals surface area contributed by atoms with Gasteiger partial charge >= 0.3 is 6.18 Å². The summed E-state index contributed by atoms with van der Waals surface area (Å²) in [5.74, 6) is -0.647. The first kappa shape index (κ1) is 23.6. The number of carbonyl (C=O) groups excluding carboxylic acids is 1. The van der Waals surface area contributed by atoms with Gasteiger partial charge in [0.2, 0.25) is 10.0 Å². The Kier molecular flexibility index (Phi) is 6.41. The molecular formula is C23H26F3N3O3S. The molecule has 1 N–H and O–H groups in total. The third-order valence-electron chi connectivity index (χ3n) is 6.18. The zero-order valence-electron chi connectivity index (χ0n) is 18.3. The molecule has 2 aromatic carbocycles. The molecule has 0 atom stereocenters. The molecule has 1 amide bonds. The van der Waals surface area contributed by atoms with Crippen molar-refractivity contribution >= 4 is 27.3 Å². The number of anilines is 2. The average Bonchev–Trinajstić information content (AvgIpc) is 3.48. The van der Waals surface area contributed by atoms with Crippen LogP contribution in [0, 0.1) is 6.92 Å². The van der Waals surface area contributed by atoms with Gasteiger partial charge in [0.05, 0.1) is 21.8 Å². The van der Waals surface area contributed by atoms with Crippen LogP contribution in [-0.4, -0.2) is 44.8 Å².